The second-order valence-electron chi connectivity index (χ2n) is 9.61. The van der Waals surface area contributed by atoms with Crippen LogP contribution in [0.5, 0.6) is 0 Å². The molecule has 2 fully saturated rings. The lowest BCUT2D eigenvalue weighted by Gasteiger charge is -2.46. The molecule has 3 aliphatic heterocycles. The zero-order chi connectivity index (χ0) is 22.0. The van der Waals surface area contributed by atoms with E-state index in [0.29, 0.717) is 11.1 Å². The summed E-state index contributed by atoms with van der Waals surface area (Å²) in [5.74, 6) is -1.87. The normalized spacial score (nSPS) is 30.3. The quantitative estimate of drug-likeness (QED) is 0.654. The molecule has 0 aromatic heterocycles. The van der Waals surface area contributed by atoms with Gasteiger partial charge in [0.1, 0.15) is 17.9 Å². The lowest BCUT2D eigenvalue weighted by atomic mass is 9.91. The highest BCUT2D eigenvalue weighted by atomic mass is 16.8. The summed E-state index contributed by atoms with van der Waals surface area (Å²) in [6.07, 6.45) is -2.61. The molecule has 4 atom stereocenters. The molecule has 162 valence electrons. The number of nitrogens with zero attached hydrogens (tertiary/aromatic N) is 2. The van der Waals surface area contributed by atoms with Crippen molar-refractivity contribution in [1.29, 1.82) is 0 Å². The molecule has 0 bridgehead atoms. The van der Waals surface area contributed by atoms with Gasteiger partial charge in [0.25, 0.3) is 11.8 Å². The summed E-state index contributed by atoms with van der Waals surface area (Å²) in [4.78, 5) is 42.1. The number of benzene rings is 1. The van der Waals surface area contributed by atoms with Crippen LogP contribution >= 0.6 is 0 Å². The Kier molecular flexibility index (Phi) is 4.70. The number of hydrogen-bond donors (Lipinski definition) is 0. The number of carbonyl (C=O) groups is 3. The van der Waals surface area contributed by atoms with Gasteiger partial charge in [-0.1, -0.05) is 19.1 Å². The van der Waals surface area contributed by atoms with E-state index in [-0.39, 0.29) is 18.6 Å². The standard InChI is InChI=1S/C22H28N2O6/c1-12-11-23(20(27)30-21(2,3)4)17(16-15(12)28-22(5,6)29-16)24-18(25)13-9-7-8-10-14(13)19(24)26/h7-10,12,15-17H,11H2,1-6H3/t12-,15-,16-,17-/m1/s1. The van der Waals surface area contributed by atoms with E-state index >= 15 is 0 Å². The van der Waals surface area contributed by atoms with E-state index in [1.165, 1.54) is 4.90 Å². The Morgan fingerprint density at radius 2 is 1.60 bits per heavy atom. The molecule has 1 aromatic rings. The maximum Gasteiger partial charge on any atom is 0.412 e. The summed E-state index contributed by atoms with van der Waals surface area (Å²) in [5.41, 5.74) is -0.0873. The van der Waals surface area contributed by atoms with Crippen molar-refractivity contribution >= 4 is 17.9 Å². The minimum atomic E-state index is -0.963. The molecular weight excluding hydrogens is 388 g/mol. The second kappa shape index (κ2) is 6.78. The zero-order valence-electron chi connectivity index (χ0n) is 18.2. The Labute approximate surface area is 176 Å². The third kappa shape index (κ3) is 3.37. The number of carbonyl (C=O) groups excluding carboxylic acids is 3. The van der Waals surface area contributed by atoms with E-state index in [9.17, 15) is 14.4 Å². The average molecular weight is 416 g/mol. The number of likely N-dealkylation sites (tertiary alicyclic amines) is 1. The van der Waals surface area contributed by atoms with E-state index < -0.39 is 41.6 Å². The number of imide groups is 1. The fourth-order valence-electron chi connectivity index (χ4n) is 4.42. The van der Waals surface area contributed by atoms with Crippen LogP contribution in [0.1, 0.15) is 62.3 Å². The van der Waals surface area contributed by atoms with Crippen LogP contribution in [0, 0.1) is 5.92 Å². The van der Waals surface area contributed by atoms with Crippen molar-refractivity contribution in [3.63, 3.8) is 0 Å². The molecule has 1 aromatic carbocycles. The third-order valence-corrected chi connectivity index (χ3v) is 5.54. The van der Waals surface area contributed by atoms with Crippen molar-refractivity contribution in [2.24, 2.45) is 5.92 Å². The van der Waals surface area contributed by atoms with Crippen molar-refractivity contribution < 1.29 is 28.6 Å². The first-order valence-electron chi connectivity index (χ1n) is 10.2. The Bertz CT molecular complexity index is 870. The van der Waals surface area contributed by atoms with Crippen LogP contribution in [0.15, 0.2) is 24.3 Å². The number of fused-ring (bicyclic) bond motifs is 2. The molecule has 3 heterocycles. The number of piperidine rings is 1. The van der Waals surface area contributed by atoms with Crippen molar-refractivity contribution in [3.05, 3.63) is 35.4 Å². The smallest absolute Gasteiger partial charge is 0.412 e. The Morgan fingerprint density at radius 3 is 2.13 bits per heavy atom. The topological polar surface area (TPSA) is 85.4 Å². The van der Waals surface area contributed by atoms with Gasteiger partial charge in [-0.3, -0.25) is 14.5 Å². The van der Waals surface area contributed by atoms with Crippen LogP contribution in [0.2, 0.25) is 0 Å². The summed E-state index contributed by atoms with van der Waals surface area (Å²) in [6.45, 7) is 11.1. The van der Waals surface area contributed by atoms with Crippen molar-refractivity contribution in [1.82, 2.24) is 9.80 Å². The molecule has 8 heteroatoms. The van der Waals surface area contributed by atoms with E-state index in [0.717, 1.165) is 4.90 Å². The molecule has 4 rings (SSSR count). The Morgan fingerprint density at radius 1 is 1.07 bits per heavy atom. The molecule has 0 aliphatic carbocycles. The first-order valence-corrected chi connectivity index (χ1v) is 10.2. The lowest BCUT2D eigenvalue weighted by Crippen LogP contribution is -2.66. The van der Waals surface area contributed by atoms with Gasteiger partial charge in [0, 0.05) is 12.5 Å². The van der Waals surface area contributed by atoms with Crippen molar-refractivity contribution in [3.8, 4) is 0 Å². The van der Waals surface area contributed by atoms with Gasteiger partial charge < -0.3 is 14.2 Å². The van der Waals surface area contributed by atoms with E-state index in [1.54, 1.807) is 58.9 Å². The van der Waals surface area contributed by atoms with Gasteiger partial charge in [-0.2, -0.15) is 0 Å². The third-order valence-electron chi connectivity index (χ3n) is 5.54. The van der Waals surface area contributed by atoms with Gasteiger partial charge in [-0.25, -0.2) is 9.69 Å². The summed E-state index contributed by atoms with van der Waals surface area (Å²) in [6, 6.07) is 6.66. The largest absolute Gasteiger partial charge is 0.444 e. The summed E-state index contributed by atoms with van der Waals surface area (Å²) < 4.78 is 17.8. The van der Waals surface area contributed by atoms with Gasteiger partial charge in [0.2, 0.25) is 0 Å². The van der Waals surface area contributed by atoms with Crippen LogP contribution in [0.3, 0.4) is 0 Å². The van der Waals surface area contributed by atoms with Crippen LogP contribution in [-0.4, -0.2) is 64.0 Å². The molecule has 8 nitrogen and oxygen atoms in total. The van der Waals surface area contributed by atoms with Gasteiger partial charge in [0.05, 0.1) is 17.2 Å². The second-order valence-corrected chi connectivity index (χ2v) is 9.61. The van der Waals surface area contributed by atoms with Crippen LogP contribution in [-0.2, 0) is 14.2 Å². The number of amides is 3. The highest BCUT2D eigenvalue weighted by Crippen LogP contribution is 2.42. The molecule has 0 spiro atoms. The minimum Gasteiger partial charge on any atom is -0.444 e. The maximum atomic E-state index is 13.2. The minimum absolute atomic E-state index is 0.0734. The molecule has 3 aliphatic rings. The monoisotopic (exact) mass is 416 g/mol. The van der Waals surface area contributed by atoms with Gasteiger partial charge in [0.15, 0.2) is 5.79 Å². The number of hydrogen-bond acceptors (Lipinski definition) is 6. The highest BCUT2D eigenvalue weighted by molar-refractivity contribution is 6.21. The highest BCUT2D eigenvalue weighted by Gasteiger charge is 2.59. The van der Waals surface area contributed by atoms with E-state index in [4.69, 9.17) is 14.2 Å². The number of rotatable bonds is 1. The molecular formula is C22H28N2O6. The first kappa shape index (κ1) is 20.8. The summed E-state index contributed by atoms with van der Waals surface area (Å²) in [5, 5.41) is 0. The average Bonchev–Trinajstić information content (AvgIpc) is 3.09. The molecule has 0 unspecified atom stereocenters. The van der Waals surface area contributed by atoms with Gasteiger partial charge >= 0.3 is 6.09 Å². The summed E-state index contributed by atoms with van der Waals surface area (Å²) in [7, 11) is 0. The maximum absolute atomic E-state index is 13.2. The molecule has 30 heavy (non-hydrogen) atoms. The fraction of sp³-hybridized carbons (Fsp3) is 0.591. The molecule has 0 saturated carbocycles. The van der Waals surface area contributed by atoms with Crippen LogP contribution in [0.25, 0.3) is 0 Å². The SMILES string of the molecule is C[C@@H]1CN(C(=O)OC(C)(C)C)[C@H](N2C(=O)c3ccccc3C2=O)[C@@H]2OC(C)(C)O[C@@H]21. The Balaban J connectivity index is 1.77. The predicted molar refractivity (Wildman–Crippen MR) is 107 cm³/mol. The van der Waals surface area contributed by atoms with Crippen LogP contribution in [0.4, 0.5) is 4.79 Å². The van der Waals surface area contributed by atoms with Gasteiger partial charge in [-0.15, -0.1) is 0 Å². The first-order chi connectivity index (χ1) is 13.9. The van der Waals surface area contributed by atoms with E-state index in [1.807, 2.05) is 6.92 Å². The van der Waals surface area contributed by atoms with Crippen molar-refractivity contribution in [2.45, 2.75) is 71.3 Å². The van der Waals surface area contributed by atoms with Crippen LogP contribution < -0.4 is 0 Å². The van der Waals surface area contributed by atoms with Gasteiger partial charge in [-0.05, 0) is 46.8 Å². The molecule has 0 radical (unpaired) electrons. The molecule has 2 saturated heterocycles. The van der Waals surface area contributed by atoms with Crippen molar-refractivity contribution in [2.75, 3.05) is 6.54 Å². The lowest BCUT2D eigenvalue weighted by molar-refractivity contribution is -0.153. The zero-order valence-corrected chi connectivity index (χ0v) is 18.2. The fourth-order valence-corrected chi connectivity index (χ4v) is 4.42. The predicted octanol–water partition coefficient (Wildman–Crippen LogP) is 3.02. The molecule has 0 N–H and O–H groups in total. The van der Waals surface area contributed by atoms with E-state index in [2.05, 4.69) is 0 Å². The summed E-state index contributed by atoms with van der Waals surface area (Å²) >= 11 is 0. The Hall–Kier alpha value is -2.45. The molecule has 3 amide bonds. The number of ether oxygens (including phenoxy) is 3.